The third kappa shape index (κ3) is 4.23. The van der Waals surface area contributed by atoms with Crippen LogP contribution in [0, 0.1) is 0 Å². The molecule has 0 saturated carbocycles. The number of carbonyl (C=O) groups is 2. The highest BCUT2D eigenvalue weighted by Crippen LogP contribution is 2.32. The molecule has 2 N–H and O–H groups in total. The normalized spacial score (nSPS) is 16.4. The number of rotatable bonds is 5. The number of ether oxygens (including phenoxy) is 2. The van der Waals surface area contributed by atoms with Gasteiger partial charge in [0.05, 0.1) is 37.6 Å². The second-order valence-corrected chi connectivity index (χ2v) is 7.60. The molecule has 3 heterocycles. The third-order valence-corrected chi connectivity index (χ3v) is 5.73. The summed E-state index contributed by atoms with van der Waals surface area (Å²) in [6.45, 7) is 4.41. The summed E-state index contributed by atoms with van der Waals surface area (Å²) >= 11 is 1.37. The summed E-state index contributed by atoms with van der Waals surface area (Å²) in [6, 6.07) is 9.63. The van der Waals surface area contributed by atoms with E-state index in [9.17, 15) is 9.59 Å². The van der Waals surface area contributed by atoms with Crippen molar-refractivity contribution in [3.8, 4) is 11.5 Å². The maximum Gasteiger partial charge on any atom is 0.261 e. The van der Waals surface area contributed by atoms with E-state index in [0.29, 0.717) is 18.0 Å². The van der Waals surface area contributed by atoms with Gasteiger partial charge in [0.1, 0.15) is 6.54 Å². The first-order valence-corrected chi connectivity index (χ1v) is 9.88. The Kier molecular flexibility index (Phi) is 5.26. The van der Waals surface area contributed by atoms with Crippen molar-refractivity contribution in [2.24, 2.45) is 0 Å². The second kappa shape index (κ2) is 7.98. The number of thiophene rings is 1. The largest absolute Gasteiger partial charge is 0.454 e. The Morgan fingerprint density at radius 2 is 1.96 bits per heavy atom. The van der Waals surface area contributed by atoms with E-state index in [-0.39, 0.29) is 25.2 Å². The van der Waals surface area contributed by atoms with Gasteiger partial charge in [0.25, 0.3) is 5.91 Å². The zero-order chi connectivity index (χ0) is 18.6. The highest BCUT2D eigenvalue weighted by Gasteiger charge is 2.24. The third-order valence-electron chi connectivity index (χ3n) is 4.86. The van der Waals surface area contributed by atoms with Crippen LogP contribution in [0.25, 0.3) is 0 Å². The molecule has 0 spiro atoms. The van der Waals surface area contributed by atoms with Crippen molar-refractivity contribution < 1.29 is 24.0 Å². The monoisotopic (exact) mass is 388 g/mol. The van der Waals surface area contributed by atoms with Gasteiger partial charge in [-0.25, -0.2) is 0 Å². The van der Waals surface area contributed by atoms with Crippen molar-refractivity contribution in [3.05, 3.63) is 46.2 Å². The minimum atomic E-state index is -0.189. The topological polar surface area (TPSA) is 72.3 Å². The number of benzene rings is 1. The molecule has 0 unspecified atom stereocenters. The number of hydrogen-bond acceptors (Lipinski definition) is 5. The number of carbonyl (C=O) groups excluding carboxylic acids is 2. The van der Waals surface area contributed by atoms with Crippen LogP contribution >= 0.6 is 11.3 Å². The van der Waals surface area contributed by atoms with Gasteiger partial charge in [-0.05, 0) is 29.6 Å². The zero-order valence-electron chi connectivity index (χ0n) is 14.9. The maximum absolute atomic E-state index is 12.3. The number of quaternary nitrogens is 1. The first-order chi connectivity index (χ1) is 13.2. The summed E-state index contributed by atoms with van der Waals surface area (Å²) in [4.78, 5) is 28.2. The van der Waals surface area contributed by atoms with E-state index in [1.165, 1.54) is 21.8 Å². The lowest BCUT2D eigenvalue weighted by molar-refractivity contribution is -0.917. The fraction of sp³-hybridized carbons (Fsp3) is 0.368. The van der Waals surface area contributed by atoms with E-state index in [4.69, 9.17) is 9.47 Å². The number of amides is 2. The standard InChI is InChI=1S/C19H21N3O4S/c23-18(11-20-19(24)17-2-1-9-27-17)22-7-5-21(6-8-22)12-14-3-4-15-16(10-14)26-13-25-15/h1-4,9-10H,5-8,11-13H2,(H,20,24)/p+1. The van der Waals surface area contributed by atoms with Gasteiger partial charge < -0.3 is 24.6 Å². The van der Waals surface area contributed by atoms with Gasteiger partial charge in [0.15, 0.2) is 11.5 Å². The molecule has 2 aromatic rings. The summed E-state index contributed by atoms with van der Waals surface area (Å²) in [7, 11) is 0. The molecule has 0 atom stereocenters. The van der Waals surface area contributed by atoms with Gasteiger partial charge in [-0.3, -0.25) is 9.59 Å². The Hall–Kier alpha value is -2.58. The van der Waals surface area contributed by atoms with Gasteiger partial charge in [-0.15, -0.1) is 11.3 Å². The van der Waals surface area contributed by atoms with Crippen molar-refractivity contribution in [1.29, 1.82) is 0 Å². The van der Waals surface area contributed by atoms with E-state index >= 15 is 0 Å². The molecule has 1 fully saturated rings. The Balaban J connectivity index is 1.22. The molecule has 0 radical (unpaired) electrons. The second-order valence-electron chi connectivity index (χ2n) is 6.66. The Labute approximate surface area is 161 Å². The van der Waals surface area contributed by atoms with Gasteiger partial charge in [0.2, 0.25) is 12.7 Å². The van der Waals surface area contributed by atoms with Crippen LogP contribution in [0.5, 0.6) is 11.5 Å². The first kappa shape index (κ1) is 17.8. The first-order valence-electron chi connectivity index (χ1n) is 9.00. The van der Waals surface area contributed by atoms with E-state index in [1.807, 2.05) is 28.5 Å². The highest BCUT2D eigenvalue weighted by molar-refractivity contribution is 7.12. The molecule has 8 heteroatoms. The van der Waals surface area contributed by atoms with Crippen molar-refractivity contribution >= 4 is 23.2 Å². The molecule has 1 aromatic heterocycles. The van der Waals surface area contributed by atoms with Crippen molar-refractivity contribution in [1.82, 2.24) is 10.2 Å². The molecule has 2 amide bonds. The fourth-order valence-electron chi connectivity index (χ4n) is 3.35. The predicted molar refractivity (Wildman–Crippen MR) is 100 cm³/mol. The summed E-state index contributed by atoms with van der Waals surface area (Å²) in [5.41, 5.74) is 1.21. The average Bonchev–Trinajstić information content (AvgIpc) is 3.38. The number of piperazine rings is 1. The lowest BCUT2D eigenvalue weighted by atomic mass is 10.1. The van der Waals surface area contributed by atoms with E-state index < -0.39 is 0 Å². The Bertz CT molecular complexity index is 816. The van der Waals surface area contributed by atoms with Crippen molar-refractivity contribution in [3.63, 3.8) is 0 Å². The van der Waals surface area contributed by atoms with Crippen LogP contribution < -0.4 is 19.7 Å². The number of fused-ring (bicyclic) bond motifs is 1. The van der Waals surface area contributed by atoms with Crippen LogP contribution in [-0.4, -0.2) is 56.2 Å². The molecule has 2 aliphatic heterocycles. The molecule has 27 heavy (non-hydrogen) atoms. The fourth-order valence-corrected chi connectivity index (χ4v) is 3.99. The number of hydrogen-bond donors (Lipinski definition) is 2. The minimum absolute atomic E-state index is 0.0259. The molecule has 0 bridgehead atoms. The molecule has 0 aliphatic carbocycles. The minimum Gasteiger partial charge on any atom is -0.454 e. The highest BCUT2D eigenvalue weighted by atomic mass is 32.1. The molecule has 7 nitrogen and oxygen atoms in total. The summed E-state index contributed by atoms with van der Waals surface area (Å²) in [5.74, 6) is 1.39. The molecule has 142 valence electrons. The molecule has 4 rings (SSSR count). The molecular weight excluding hydrogens is 366 g/mol. The molecular formula is C19H22N3O4S+. The van der Waals surface area contributed by atoms with Crippen molar-refractivity contribution in [2.75, 3.05) is 39.5 Å². The lowest BCUT2D eigenvalue weighted by Crippen LogP contribution is -3.13. The Morgan fingerprint density at radius 3 is 2.74 bits per heavy atom. The van der Waals surface area contributed by atoms with Gasteiger partial charge in [-0.2, -0.15) is 0 Å². The number of nitrogens with zero attached hydrogens (tertiary/aromatic N) is 1. The summed E-state index contributed by atoms with van der Waals surface area (Å²) in [6.07, 6.45) is 0. The van der Waals surface area contributed by atoms with Crippen LogP contribution in [-0.2, 0) is 11.3 Å². The Morgan fingerprint density at radius 1 is 1.15 bits per heavy atom. The van der Waals surface area contributed by atoms with Gasteiger partial charge >= 0.3 is 0 Å². The molecule has 1 saturated heterocycles. The SMILES string of the molecule is O=C(NCC(=O)N1CC[NH+](Cc2ccc3c(c2)OCO3)CC1)c1cccs1. The van der Waals surface area contributed by atoms with Crippen LogP contribution in [0.2, 0.25) is 0 Å². The van der Waals surface area contributed by atoms with Crippen LogP contribution in [0.1, 0.15) is 15.2 Å². The number of nitrogens with one attached hydrogen (secondary N) is 2. The van der Waals surface area contributed by atoms with E-state index in [0.717, 1.165) is 31.1 Å². The maximum atomic E-state index is 12.3. The quantitative estimate of drug-likeness (QED) is 0.764. The van der Waals surface area contributed by atoms with Crippen LogP contribution in [0.4, 0.5) is 0 Å². The van der Waals surface area contributed by atoms with Crippen molar-refractivity contribution in [2.45, 2.75) is 6.54 Å². The summed E-state index contributed by atoms with van der Waals surface area (Å²) < 4.78 is 10.8. The van der Waals surface area contributed by atoms with Crippen LogP contribution in [0.3, 0.4) is 0 Å². The smallest absolute Gasteiger partial charge is 0.261 e. The lowest BCUT2D eigenvalue weighted by Gasteiger charge is -2.32. The van der Waals surface area contributed by atoms with Gasteiger partial charge in [-0.1, -0.05) is 6.07 Å². The van der Waals surface area contributed by atoms with Crippen LogP contribution in [0.15, 0.2) is 35.7 Å². The molecule has 2 aliphatic rings. The van der Waals surface area contributed by atoms with Gasteiger partial charge in [0, 0.05) is 5.56 Å². The van der Waals surface area contributed by atoms with E-state index in [2.05, 4.69) is 11.4 Å². The summed E-state index contributed by atoms with van der Waals surface area (Å²) in [5, 5.41) is 4.55. The van der Waals surface area contributed by atoms with E-state index in [1.54, 1.807) is 6.07 Å². The molecule has 1 aromatic carbocycles. The predicted octanol–water partition coefficient (Wildman–Crippen LogP) is 0.134. The zero-order valence-corrected chi connectivity index (χ0v) is 15.7. The average molecular weight is 388 g/mol.